The summed E-state index contributed by atoms with van der Waals surface area (Å²) in [6.45, 7) is 7.56. The molecule has 1 aromatic carbocycles. The first-order valence-corrected chi connectivity index (χ1v) is 6.89. The van der Waals surface area contributed by atoms with Gasteiger partial charge in [0.25, 0.3) is 0 Å². The lowest BCUT2D eigenvalue weighted by atomic mass is 10.1. The summed E-state index contributed by atoms with van der Waals surface area (Å²) < 4.78 is 11.0. The van der Waals surface area contributed by atoms with Crippen molar-refractivity contribution in [1.29, 1.82) is 0 Å². The quantitative estimate of drug-likeness (QED) is 0.873. The van der Waals surface area contributed by atoms with Gasteiger partial charge >= 0.3 is 0 Å². The first-order chi connectivity index (χ1) is 9.26. The lowest BCUT2D eigenvalue weighted by Gasteiger charge is -2.27. The highest BCUT2D eigenvalue weighted by molar-refractivity contribution is 5.51. The Morgan fingerprint density at radius 1 is 1.11 bits per heavy atom. The van der Waals surface area contributed by atoms with Crippen molar-refractivity contribution in [3.8, 4) is 11.5 Å². The van der Waals surface area contributed by atoms with E-state index in [4.69, 9.17) is 9.47 Å². The molecule has 1 heterocycles. The number of nitrogens with one attached hydrogen (secondary N) is 1. The molecular weight excluding hydrogens is 240 g/mol. The van der Waals surface area contributed by atoms with Gasteiger partial charge in [0.15, 0.2) is 11.5 Å². The van der Waals surface area contributed by atoms with Crippen molar-refractivity contribution >= 4 is 0 Å². The van der Waals surface area contributed by atoms with Crippen LogP contribution in [0.15, 0.2) is 12.1 Å². The maximum absolute atomic E-state index is 5.53. The zero-order valence-corrected chi connectivity index (χ0v) is 12.2. The molecule has 1 saturated heterocycles. The van der Waals surface area contributed by atoms with E-state index in [1.807, 2.05) is 6.92 Å². The van der Waals surface area contributed by atoms with E-state index in [0.29, 0.717) is 0 Å². The topological polar surface area (TPSA) is 33.7 Å². The second-order valence-corrected chi connectivity index (χ2v) is 4.95. The molecule has 1 N–H and O–H groups in total. The van der Waals surface area contributed by atoms with E-state index in [-0.39, 0.29) is 0 Å². The number of methoxy groups -OCH3 is 2. The number of rotatable bonds is 5. The third kappa shape index (κ3) is 3.39. The molecule has 0 bridgehead atoms. The van der Waals surface area contributed by atoms with Crippen LogP contribution in [0.1, 0.15) is 11.1 Å². The fourth-order valence-electron chi connectivity index (χ4n) is 2.59. The van der Waals surface area contributed by atoms with Crippen LogP contribution >= 0.6 is 0 Å². The monoisotopic (exact) mass is 264 g/mol. The molecule has 0 aliphatic carbocycles. The molecule has 0 amide bonds. The van der Waals surface area contributed by atoms with Crippen LogP contribution in [0, 0.1) is 6.92 Å². The van der Waals surface area contributed by atoms with Gasteiger partial charge in [-0.3, -0.25) is 0 Å². The minimum absolute atomic E-state index is 0.861. The summed E-state index contributed by atoms with van der Waals surface area (Å²) in [7, 11) is 3.41. The SMILES string of the molecule is COc1c(C)ccc(CCN2CCNCC2)c1OC. The summed E-state index contributed by atoms with van der Waals surface area (Å²) >= 11 is 0. The van der Waals surface area contributed by atoms with Crippen molar-refractivity contribution in [2.75, 3.05) is 46.9 Å². The van der Waals surface area contributed by atoms with Crippen LogP contribution in [-0.2, 0) is 6.42 Å². The van der Waals surface area contributed by atoms with Crippen molar-refractivity contribution in [3.63, 3.8) is 0 Å². The largest absolute Gasteiger partial charge is 0.493 e. The molecule has 0 atom stereocenters. The smallest absolute Gasteiger partial charge is 0.164 e. The predicted octanol–water partition coefficient (Wildman–Crippen LogP) is 1.46. The fourth-order valence-corrected chi connectivity index (χ4v) is 2.59. The molecule has 0 spiro atoms. The number of ether oxygens (including phenoxy) is 2. The summed E-state index contributed by atoms with van der Waals surface area (Å²) in [6, 6.07) is 4.26. The summed E-state index contributed by atoms with van der Waals surface area (Å²) in [5, 5.41) is 3.37. The average Bonchev–Trinajstić information content (AvgIpc) is 2.46. The zero-order chi connectivity index (χ0) is 13.7. The van der Waals surface area contributed by atoms with E-state index in [9.17, 15) is 0 Å². The Labute approximate surface area is 115 Å². The Bertz CT molecular complexity index is 415. The van der Waals surface area contributed by atoms with E-state index < -0.39 is 0 Å². The molecule has 1 aromatic rings. The molecule has 0 unspecified atom stereocenters. The van der Waals surface area contributed by atoms with Crippen molar-refractivity contribution < 1.29 is 9.47 Å². The molecule has 1 aliphatic rings. The Morgan fingerprint density at radius 2 is 1.79 bits per heavy atom. The molecule has 2 rings (SSSR count). The van der Waals surface area contributed by atoms with E-state index in [1.165, 1.54) is 5.56 Å². The first kappa shape index (κ1) is 14.2. The van der Waals surface area contributed by atoms with Crippen LogP contribution in [0.5, 0.6) is 11.5 Å². The van der Waals surface area contributed by atoms with Gasteiger partial charge < -0.3 is 19.7 Å². The van der Waals surface area contributed by atoms with Crippen molar-refractivity contribution in [3.05, 3.63) is 23.3 Å². The Kier molecular flexibility index (Phi) is 5.05. The van der Waals surface area contributed by atoms with Gasteiger partial charge in [0.05, 0.1) is 14.2 Å². The van der Waals surface area contributed by atoms with Crippen LogP contribution in [-0.4, -0.2) is 51.8 Å². The van der Waals surface area contributed by atoms with Gasteiger partial charge in [0.2, 0.25) is 0 Å². The molecule has 1 fully saturated rings. The lowest BCUT2D eigenvalue weighted by molar-refractivity contribution is 0.242. The van der Waals surface area contributed by atoms with Gasteiger partial charge in [-0.05, 0) is 24.5 Å². The number of hydrogen-bond donors (Lipinski definition) is 1. The number of hydrogen-bond acceptors (Lipinski definition) is 4. The van der Waals surface area contributed by atoms with Crippen molar-refractivity contribution in [2.45, 2.75) is 13.3 Å². The molecule has 19 heavy (non-hydrogen) atoms. The van der Waals surface area contributed by atoms with E-state index >= 15 is 0 Å². The van der Waals surface area contributed by atoms with Crippen molar-refractivity contribution in [1.82, 2.24) is 10.2 Å². The summed E-state index contributed by atoms with van der Waals surface area (Å²) in [4.78, 5) is 2.49. The second kappa shape index (κ2) is 6.78. The summed E-state index contributed by atoms with van der Waals surface area (Å²) in [5.41, 5.74) is 2.34. The minimum Gasteiger partial charge on any atom is -0.493 e. The minimum atomic E-state index is 0.861. The molecule has 0 saturated carbocycles. The third-order valence-electron chi connectivity index (χ3n) is 3.71. The maximum Gasteiger partial charge on any atom is 0.164 e. The van der Waals surface area contributed by atoms with Gasteiger partial charge in [-0.15, -0.1) is 0 Å². The van der Waals surface area contributed by atoms with Crippen LogP contribution in [0.4, 0.5) is 0 Å². The van der Waals surface area contributed by atoms with Crippen molar-refractivity contribution in [2.24, 2.45) is 0 Å². The second-order valence-electron chi connectivity index (χ2n) is 4.95. The highest BCUT2D eigenvalue weighted by Gasteiger charge is 2.14. The van der Waals surface area contributed by atoms with Gasteiger partial charge in [-0.25, -0.2) is 0 Å². The summed E-state index contributed by atoms with van der Waals surface area (Å²) in [5.74, 6) is 1.75. The number of benzene rings is 1. The van der Waals surface area contributed by atoms with Crippen LogP contribution in [0.25, 0.3) is 0 Å². The lowest BCUT2D eigenvalue weighted by Crippen LogP contribution is -2.44. The molecule has 4 heteroatoms. The first-order valence-electron chi connectivity index (χ1n) is 6.89. The Balaban J connectivity index is 2.06. The third-order valence-corrected chi connectivity index (χ3v) is 3.71. The normalized spacial score (nSPS) is 16.4. The zero-order valence-electron chi connectivity index (χ0n) is 12.2. The molecule has 4 nitrogen and oxygen atoms in total. The van der Waals surface area contributed by atoms with E-state index in [0.717, 1.165) is 56.2 Å². The number of aryl methyl sites for hydroxylation is 1. The van der Waals surface area contributed by atoms with Crippen LogP contribution < -0.4 is 14.8 Å². The molecule has 0 radical (unpaired) electrons. The average molecular weight is 264 g/mol. The van der Waals surface area contributed by atoms with Gasteiger partial charge in [0.1, 0.15) is 0 Å². The standard InChI is InChI=1S/C15H24N2O2/c1-12-4-5-13(15(19-3)14(12)18-2)6-9-17-10-7-16-8-11-17/h4-5,16H,6-11H2,1-3H3. The molecule has 0 aromatic heterocycles. The van der Waals surface area contributed by atoms with E-state index in [1.54, 1.807) is 14.2 Å². The van der Waals surface area contributed by atoms with Crippen LogP contribution in [0.3, 0.4) is 0 Å². The predicted molar refractivity (Wildman–Crippen MR) is 77.3 cm³/mol. The van der Waals surface area contributed by atoms with Gasteiger partial charge in [-0.1, -0.05) is 12.1 Å². The van der Waals surface area contributed by atoms with E-state index in [2.05, 4.69) is 22.3 Å². The molecule has 106 valence electrons. The highest BCUT2D eigenvalue weighted by Crippen LogP contribution is 2.34. The Hall–Kier alpha value is -1.26. The highest BCUT2D eigenvalue weighted by atomic mass is 16.5. The van der Waals surface area contributed by atoms with Gasteiger partial charge in [-0.2, -0.15) is 0 Å². The maximum atomic E-state index is 5.53. The van der Waals surface area contributed by atoms with Crippen LogP contribution in [0.2, 0.25) is 0 Å². The number of nitrogens with zero attached hydrogens (tertiary/aromatic N) is 1. The molecule has 1 aliphatic heterocycles. The molecular formula is C15H24N2O2. The number of piperazine rings is 1. The van der Waals surface area contributed by atoms with Gasteiger partial charge in [0, 0.05) is 32.7 Å². The summed E-state index contributed by atoms with van der Waals surface area (Å²) in [6.07, 6.45) is 1.000. The Morgan fingerprint density at radius 3 is 2.42 bits per heavy atom. The fraction of sp³-hybridized carbons (Fsp3) is 0.600.